The van der Waals surface area contributed by atoms with E-state index in [2.05, 4.69) is 15.0 Å². The largest absolute Gasteiger partial charge is 0.481 e. The van der Waals surface area contributed by atoms with Gasteiger partial charge in [-0.15, -0.1) is 0 Å². The normalized spacial score (nSPS) is 22.3. The first-order valence-electron chi connectivity index (χ1n) is 7.41. The van der Waals surface area contributed by atoms with E-state index in [0.717, 1.165) is 30.6 Å². The second kappa shape index (κ2) is 5.71. The first kappa shape index (κ1) is 13.9. The summed E-state index contributed by atoms with van der Waals surface area (Å²) in [5, 5.41) is 9.38. The molecule has 2 unspecified atom stereocenters. The van der Waals surface area contributed by atoms with Crippen molar-refractivity contribution in [1.82, 2.24) is 15.0 Å². The van der Waals surface area contributed by atoms with Crippen LogP contribution in [0.25, 0.3) is 11.2 Å². The van der Waals surface area contributed by atoms with Crippen molar-refractivity contribution in [3.63, 3.8) is 0 Å². The summed E-state index contributed by atoms with van der Waals surface area (Å²) in [5.41, 5.74) is 1.41. The molecule has 0 bridgehead atoms. The molecule has 1 fully saturated rings. The number of carboxylic acid groups (broad SMARTS) is 1. The van der Waals surface area contributed by atoms with Crippen molar-refractivity contribution >= 4 is 17.1 Å². The monoisotopic (exact) mass is 289 g/mol. The van der Waals surface area contributed by atoms with Crippen molar-refractivity contribution in [2.75, 3.05) is 6.61 Å². The van der Waals surface area contributed by atoms with Crippen LogP contribution in [0, 0.1) is 5.92 Å². The lowest BCUT2D eigenvalue weighted by Crippen LogP contribution is -2.26. The van der Waals surface area contributed by atoms with E-state index in [4.69, 9.17) is 4.74 Å². The summed E-state index contributed by atoms with van der Waals surface area (Å²) in [7, 11) is 0. The Bertz CT molecular complexity index is 653. The predicted molar refractivity (Wildman–Crippen MR) is 77.4 cm³/mol. The number of carbonyl (C=O) groups is 1. The number of aliphatic carboxylic acids is 1. The highest BCUT2D eigenvalue weighted by atomic mass is 16.5. The number of nitrogens with zero attached hydrogens (tertiary/aromatic N) is 2. The fourth-order valence-corrected chi connectivity index (χ4v) is 3.05. The highest BCUT2D eigenvalue weighted by Crippen LogP contribution is 2.37. The third-order valence-corrected chi connectivity index (χ3v) is 4.07. The van der Waals surface area contributed by atoms with E-state index in [1.165, 1.54) is 0 Å². The van der Waals surface area contributed by atoms with Crippen LogP contribution in [-0.2, 0) is 4.79 Å². The average molecular weight is 289 g/mol. The molecule has 112 valence electrons. The van der Waals surface area contributed by atoms with Crippen LogP contribution in [0.3, 0.4) is 0 Å². The molecule has 2 aromatic heterocycles. The third-order valence-electron chi connectivity index (χ3n) is 4.07. The van der Waals surface area contributed by atoms with Crippen molar-refractivity contribution in [1.29, 1.82) is 0 Å². The van der Waals surface area contributed by atoms with Gasteiger partial charge in [-0.05, 0) is 25.8 Å². The van der Waals surface area contributed by atoms with Gasteiger partial charge in [0.05, 0.1) is 18.0 Å². The molecule has 2 heterocycles. The summed E-state index contributed by atoms with van der Waals surface area (Å²) >= 11 is 0. The van der Waals surface area contributed by atoms with Gasteiger partial charge in [0.15, 0.2) is 5.65 Å². The van der Waals surface area contributed by atoms with E-state index in [-0.39, 0.29) is 11.8 Å². The minimum atomic E-state index is -0.733. The van der Waals surface area contributed by atoms with Gasteiger partial charge in [0.25, 0.3) is 0 Å². The third kappa shape index (κ3) is 2.70. The number of hydrogen-bond acceptors (Lipinski definition) is 4. The van der Waals surface area contributed by atoms with Gasteiger partial charge in [-0.3, -0.25) is 4.79 Å². The van der Waals surface area contributed by atoms with Crippen molar-refractivity contribution < 1.29 is 14.6 Å². The van der Waals surface area contributed by atoms with Crippen molar-refractivity contribution in [2.24, 2.45) is 5.92 Å². The molecule has 0 aromatic carbocycles. The standard InChI is InChI=1S/C15H19N3O3/c1-2-21-12-8-7-11-14(17-12)18-13(16-11)9-5-3-4-6-10(9)15(19)20/h7-10H,2-6H2,1H3,(H,19,20)(H,16,17,18). The van der Waals surface area contributed by atoms with Gasteiger partial charge in [0.1, 0.15) is 5.82 Å². The maximum Gasteiger partial charge on any atom is 0.307 e. The van der Waals surface area contributed by atoms with Crippen LogP contribution >= 0.6 is 0 Å². The van der Waals surface area contributed by atoms with Crippen molar-refractivity contribution in [2.45, 2.75) is 38.5 Å². The summed E-state index contributed by atoms with van der Waals surface area (Å²) < 4.78 is 5.37. The molecule has 2 aromatic rings. The Morgan fingerprint density at radius 1 is 1.38 bits per heavy atom. The van der Waals surface area contributed by atoms with E-state index in [1.54, 1.807) is 6.07 Å². The number of aromatic nitrogens is 3. The summed E-state index contributed by atoms with van der Waals surface area (Å²) in [6.45, 7) is 2.46. The fraction of sp³-hybridized carbons (Fsp3) is 0.533. The number of hydrogen-bond donors (Lipinski definition) is 2. The minimum absolute atomic E-state index is 0.0546. The number of nitrogens with one attached hydrogen (secondary N) is 1. The zero-order valence-electron chi connectivity index (χ0n) is 12.0. The molecular formula is C15H19N3O3. The molecule has 3 rings (SSSR count). The maximum absolute atomic E-state index is 11.4. The van der Waals surface area contributed by atoms with E-state index >= 15 is 0 Å². The Labute approximate surface area is 122 Å². The Balaban J connectivity index is 1.93. The van der Waals surface area contributed by atoms with Crippen LogP contribution in [-0.4, -0.2) is 32.6 Å². The van der Waals surface area contributed by atoms with Crippen LogP contribution in [0.15, 0.2) is 12.1 Å². The van der Waals surface area contributed by atoms with Gasteiger partial charge in [-0.1, -0.05) is 12.8 Å². The number of imidazole rings is 1. The lowest BCUT2D eigenvalue weighted by molar-refractivity contribution is -0.143. The Kier molecular flexibility index (Phi) is 3.77. The molecule has 1 aliphatic rings. The lowest BCUT2D eigenvalue weighted by atomic mass is 9.79. The van der Waals surface area contributed by atoms with Gasteiger partial charge in [0, 0.05) is 12.0 Å². The molecular weight excluding hydrogens is 270 g/mol. The van der Waals surface area contributed by atoms with Gasteiger partial charge < -0.3 is 14.8 Å². The van der Waals surface area contributed by atoms with E-state index < -0.39 is 5.97 Å². The topological polar surface area (TPSA) is 88.1 Å². The minimum Gasteiger partial charge on any atom is -0.481 e. The molecule has 0 radical (unpaired) electrons. The van der Waals surface area contributed by atoms with Crippen LogP contribution in [0.1, 0.15) is 44.3 Å². The smallest absolute Gasteiger partial charge is 0.307 e. The molecule has 2 atom stereocenters. The first-order valence-corrected chi connectivity index (χ1v) is 7.41. The molecule has 2 N–H and O–H groups in total. The Morgan fingerprint density at radius 3 is 2.95 bits per heavy atom. The van der Waals surface area contributed by atoms with E-state index in [0.29, 0.717) is 24.6 Å². The average Bonchev–Trinajstić information content (AvgIpc) is 2.90. The number of pyridine rings is 1. The van der Waals surface area contributed by atoms with E-state index in [9.17, 15) is 9.90 Å². The SMILES string of the molecule is CCOc1ccc2[nH]c(C3CCCCC3C(=O)O)nc2n1. The second-order valence-corrected chi connectivity index (χ2v) is 5.41. The number of H-pyrrole nitrogens is 1. The van der Waals surface area contributed by atoms with Gasteiger partial charge in [0.2, 0.25) is 5.88 Å². The summed E-state index contributed by atoms with van der Waals surface area (Å²) in [6.07, 6.45) is 3.59. The number of fused-ring (bicyclic) bond motifs is 1. The predicted octanol–water partition coefficient (Wildman–Crippen LogP) is 2.72. The number of aromatic amines is 1. The molecule has 0 amide bonds. The summed E-state index contributed by atoms with van der Waals surface area (Å²) in [5.74, 6) is 0.134. The molecule has 21 heavy (non-hydrogen) atoms. The quantitative estimate of drug-likeness (QED) is 0.903. The Hall–Kier alpha value is -2.11. The van der Waals surface area contributed by atoms with Crippen molar-refractivity contribution in [3.05, 3.63) is 18.0 Å². The van der Waals surface area contributed by atoms with Gasteiger partial charge >= 0.3 is 5.97 Å². The molecule has 1 saturated carbocycles. The number of carboxylic acids is 1. The number of rotatable bonds is 4. The molecule has 6 heteroatoms. The Morgan fingerprint density at radius 2 is 2.19 bits per heavy atom. The van der Waals surface area contributed by atoms with Crippen LogP contribution in [0.4, 0.5) is 0 Å². The second-order valence-electron chi connectivity index (χ2n) is 5.41. The maximum atomic E-state index is 11.4. The highest BCUT2D eigenvalue weighted by molar-refractivity contribution is 5.73. The lowest BCUT2D eigenvalue weighted by Gasteiger charge is -2.26. The number of ether oxygens (including phenoxy) is 1. The van der Waals surface area contributed by atoms with Gasteiger partial charge in [-0.2, -0.15) is 4.98 Å². The summed E-state index contributed by atoms with van der Waals surface area (Å²) in [4.78, 5) is 23.5. The highest BCUT2D eigenvalue weighted by Gasteiger charge is 2.33. The molecule has 0 aliphatic heterocycles. The van der Waals surface area contributed by atoms with Crippen LogP contribution < -0.4 is 4.74 Å². The zero-order valence-corrected chi connectivity index (χ0v) is 12.0. The molecule has 0 spiro atoms. The van der Waals surface area contributed by atoms with Crippen LogP contribution in [0.5, 0.6) is 5.88 Å². The van der Waals surface area contributed by atoms with Gasteiger partial charge in [-0.25, -0.2) is 4.98 Å². The van der Waals surface area contributed by atoms with Crippen molar-refractivity contribution in [3.8, 4) is 5.88 Å². The van der Waals surface area contributed by atoms with Crippen LogP contribution in [0.2, 0.25) is 0 Å². The first-order chi connectivity index (χ1) is 10.2. The molecule has 6 nitrogen and oxygen atoms in total. The summed E-state index contributed by atoms with van der Waals surface area (Å²) in [6, 6.07) is 3.67. The van der Waals surface area contributed by atoms with E-state index in [1.807, 2.05) is 13.0 Å². The zero-order chi connectivity index (χ0) is 14.8. The fourth-order valence-electron chi connectivity index (χ4n) is 3.05. The molecule has 1 aliphatic carbocycles. The molecule has 0 saturated heterocycles.